The summed E-state index contributed by atoms with van der Waals surface area (Å²) in [5, 5.41) is 19.7. The SMILES string of the molecule is O=C(O)CCN1C(=O)/C(=C/c2cc([N+](=O)[O-])ccc2Cl)SC1=S. The van der Waals surface area contributed by atoms with E-state index in [1.807, 2.05) is 0 Å². The number of rotatable bonds is 5. The number of nitrogens with zero attached hydrogens (tertiary/aromatic N) is 2. The van der Waals surface area contributed by atoms with Crippen molar-refractivity contribution in [2.75, 3.05) is 6.54 Å². The highest BCUT2D eigenvalue weighted by Crippen LogP contribution is 2.34. The molecule has 1 saturated heterocycles. The Morgan fingerprint density at radius 3 is 2.83 bits per heavy atom. The minimum absolute atomic E-state index is 0.0278. The van der Waals surface area contributed by atoms with Crippen molar-refractivity contribution >= 4 is 63.5 Å². The number of benzene rings is 1. The number of hydrogen-bond donors (Lipinski definition) is 1. The molecule has 1 heterocycles. The summed E-state index contributed by atoms with van der Waals surface area (Å²) < 4.78 is 0.240. The molecule has 0 aromatic heterocycles. The van der Waals surface area contributed by atoms with Gasteiger partial charge in [-0.1, -0.05) is 35.6 Å². The van der Waals surface area contributed by atoms with Gasteiger partial charge < -0.3 is 5.11 Å². The van der Waals surface area contributed by atoms with Gasteiger partial charge in [0.05, 0.1) is 16.2 Å². The first kappa shape index (κ1) is 17.4. The van der Waals surface area contributed by atoms with Gasteiger partial charge in [0.1, 0.15) is 4.32 Å². The van der Waals surface area contributed by atoms with E-state index in [1.165, 1.54) is 29.2 Å². The molecular weight excluding hydrogens is 364 g/mol. The first-order chi connectivity index (χ1) is 10.8. The molecule has 1 aromatic rings. The maximum atomic E-state index is 12.2. The first-order valence-electron chi connectivity index (χ1n) is 6.20. The van der Waals surface area contributed by atoms with E-state index >= 15 is 0 Å². The van der Waals surface area contributed by atoms with Crippen LogP contribution in [0, 0.1) is 10.1 Å². The second-order valence-electron chi connectivity index (χ2n) is 4.44. The minimum atomic E-state index is -1.04. The summed E-state index contributed by atoms with van der Waals surface area (Å²) in [5.41, 5.74) is 0.168. The van der Waals surface area contributed by atoms with Gasteiger partial charge in [-0.15, -0.1) is 0 Å². The van der Waals surface area contributed by atoms with Crippen molar-refractivity contribution in [2.24, 2.45) is 0 Å². The average molecular weight is 373 g/mol. The highest BCUT2D eigenvalue weighted by Gasteiger charge is 2.32. The van der Waals surface area contributed by atoms with E-state index in [2.05, 4.69) is 0 Å². The van der Waals surface area contributed by atoms with E-state index in [4.69, 9.17) is 28.9 Å². The zero-order valence-corrected chi connectivity index (χ0v) is 13.8. The van der Waals surface area contributed by atoms with Gasteiger partial charge in [0.25, 0.3) is 11.6 Å². The maximum Gasteiger partial charge on any atom is 0.305 e. The first-order valence-corrected chi connectivity index (χ1v) is 7.81. The van der Waals surface area contributed by atoms with Crippen molar-refractivity contribution in [1.29, 1.82) is 0 Å². The van der Waals surface area contributed by atoms with Crippen LogP contribution in [0.4, 0.5) is 5.69 Å². The molecule has 1 amide bonds. The predicted molar refractivity (Wildman–Crippen MR) is 90.2 cm³/mol. The topological polar surface area (TPSA) is 101 Å². The summed E-state index contributed by atoms with van der Waals surface area (Å²) in [4.78, 5) is 34.5. The fourth-order valence-electron chi connectivity index (χ4n) is 1.80. The third-order valence-corrected chi connectivity index (χ3v) is 4.62. The van der Waals surface area contributed by atoms with E-state index in [0.29, 0.717) is 5.56 Å². The smallest absolute Gasteiger partial charge is 0.305 e. The molecule has 0 spiro atoms. The van der Waals surface area contributed by atoms with Crippen molar-refractivity contribution in [1.82, 2.24) is 4.90 Å². The van der Waals surface area contributed by atoms with Crippen molar-refractivity contribution in [2.45, 2.75) is 6.42 Å². The molecule has 1 fully saturated rings. The summed E-state index contributed by atoms with van der Waals surface area (Å²) >= 11 is 12.0. The average Bonchev–Trinajstić information content (AvgIpc) is 2.73. The van der Waals surface area contributed by atoms with Crippen LogP contribution in [0.5, 0.6) is 0 Å². The second-order valence-corrected chi connectivity index (χ2v) is 6.52. The van der Waals surface area contributed by atoms with E-state index in [9.17, 15) is 19.7 Å². The second kappa shape index (κ2) is 7.07. The molecule has 0 atom stereocenters. The molecule has 10 heteroatoms. The highest BCUT2D eigenvalue weighted by atomic mass is 35.5. The normalized spacial score (nSPS) is 16.2. The van der Waals surface area contributed by atoms with Crippen LogP contribution in [-0.4, -0.2) is 37.7 Å². The van der Waals surface area contributed by atoms with Gasteiger partial charge in [-0.05, 0) is 12.1 Å². The molecular formula is C13H9ClN2O5S2. The van der Waals surface area contributed by atoms with Crippen LogP contribution in [0.2, 0.25) is 5.02 Å². The van der Waals surface area contributed by atoms with Gasteiger partial charge in [0.2, 0.25) is 0 Å². The van der Waals surface area contributed by atoms with E-state index in [0.717, 1.165) is 11.8 Å². The number of nitro benzene ring substituents is 1. The summed E-state index contributed by atoms with van der Waals surface area (Å²) in [6.07, 6.45) is 1.19. The summed E-state index contributed by atoms with van der Waals surface area (Å²) in [6.45, 7) is -0.0278. The van der Waals surface area contributed by atoms with E-state index < -0.39 is 16.8 Å². The number of carbonyl (C=O) groups excluding carboxylic acids is 1. The monoisotopic (exact) mass is 372 g/mol. The molecule has 7 nitrogen and oxygen atoms in total. The van der Waals surface area contributed by atoms with Crippen molar-refractivity contribution in [3.63, 3.8) is 0 Å². The molecule has 0 bridgehead atoms. The fraction of sp³-hybridized carbons (Fsp3) is 0.154. The Labute approximate surface area is 145 Å². The third kappa shape index (κ3) is 4.06. The lowest BCUT2D eigenvalue weighted by Gasteiger charge is -2.12. The lowest BCUT2D eigenvalue weighted by molar-refractivity contribution is -0.384. The summed E-state index contributed by atoms with van der Waals surface area (Å²) in [5.74, 6) is -1.48. The number of hydrogen-bond acceptors (Lipinski definition) is 6. The van der Waals surface area contributed by atoms with Crippen LogP contribution < -0.4 is 0 Å². The van der Waals surface area contributed by atoms with Crippen molar-refractivity contribution in [3.05, 3.63) is 43.8 Å². The van der Waals surface area contributed by atoms with Gasteiger partial charge in [-0.25, -0.2) is 0 Å². The highest BCUT2D eigenvalue weighted by molar-refractivity contribution is 8.26. The molecule has 1 N–H and O–H groups in total. The summed E-state index contributed by atoms with van der Waals surface area (Å²) in [6, 6.07) is 3.89. The van der Waals surface area contributed by atoms with Gasteiger partial charge in [-0.3, -0.25) is 24.6 Å². The molecule has 1 aromatic carbocycles. The Bertz CT molecular complexity index is 750. The number of non-ortho nitro benzene ring substituents is 1. The molecule has 2 rings (SSSR count). The van der Waals surface area contributed by atoms with Gasteiger partial charge >= 0.3 is 5.97 Å². The number of amides is 1. The van der Waals surface area contributed by atoms with Gasteiger partial charge in [0.15, 0.2) is 0 Å². The largest absolute Gasteiger partial charge is 0.481 e. The number of thiocarbonyl (C=S) groups is 1. The molecule has 120 valence electrons. The van der Waals surface area contributed by atoms with Crippen LogP contribution in [0.3, 0.4) is 0 Å². The molecule has 0 saturated carbocycles. The number of halogens is 1. The number of carboxylic acids is 1. The third-order valence-electron chi connectivity index (χ3n) is 2.90. The zero-order valence-electron chi connectivity index (χ0n) is 11.4. The van der Waals surface area contributed by atoms with Gasteiger partial charge in [0, 0.05) is 29.3 Å². The van der Waals surface area contributed by atoms with Gasteiger partial charge in [-0.2, -0.15) is 0 Å². The molecule has 0 aliphatic carbocycles. The standard InChI is InChI=1S/C13H9ClN2O5S2/c14-9-2-1-8(16(20)21)5-7(9)6-10-12(19)15(13(22)23-10)4-3-11(17)18/h1-2,5-6H,3-4H2,(H,17,18)/b10-6-. The minimum Gasteiger partial charge on any atom is -0.481 e. The molecule has 23 heavy (non-hydrogen) atoms. The molecule has 0 unspecified atom stereocenters. The predicted octanol–water partition coefficient (Wildman–Crippen LogP) is 2.92. The number of carboxylic acid groups (broad SMARTS) is 1. The number of thioether (sulfide) groups is 1. The van der Waals surface area contributed by atoms with Crippen LogP contribution >= 0.6 is 35.6 Å². The Hall–Kier alpha value is -1.97. The number of nitro groups is 1. The maximum absolute atomic E-state index is 12.2. The lowest BCUT2D eigenvalue weighted by atomic mass is 10.2. The molecule has 1 aliphatic heterocycles. The Morgan fingerprint density at radius 2 is 2.22 bits per heavy atom. The van der Waals surface area contributed by atoms with Crippen LogP contribution in [0.25, 0.3) is 6.08 Å². The Balaban J connectivity index is 2.28. The van der Waals surface area contributed by atoms with Crippen molar-refractivity contribution in [3.8, 4) is 0 Å². The Kier molecular flexibility index (Phi) is 5.34. The van der Waals surface area contributed by atoms with Crippen LogP contribution in [0.1, 0.15) is 12.0 Å². The Morgan fingerprint density at radius 1 is 1.52 bits per heavy atom. The lowest BCUT2D eigenvalue weighted by Crippen LogP contribution is -2.30. The van der Waals surface area contributed by atoms with E-state index in [1.54, 1.807) is 0 Å². The number of aliphatic carboxylic acids is 1. The van der Waals surface area contributed by atoms with E-state index in [-0.39, 0.29) is 32.9 Å². The zero-order chi connectivity index (χ0) is 17.1. The molecule has 1 aliphatic rings. The fourth-order valence-corrected chi connectivity index (χ4v) is 3.27. The van der Waals surface area contributed by atoms with Crippen molar-refractivity contribution < 1.29 is 19.6 Å². The quantitative estimate of drug-likeness (QED) is 0.367. The summed E-state index contributed by atoms with van der Waals surface area (Å²) in [7, 11) is 0. The van der Waals surface area contributed by atoms with Crippen LogP contribution in [0.15, 0.2) is 23.1 Å². The number of carbonyl (C=O) groups is 2. The molecule has 0 radical (unpaired) electrons. The van der Waals surface area contributed by atoms with Crippen LogP contribution in [-0.2, 0) is 9.59 Å².